The van der Waals surface area contributed by atoms with Crippen molar-refractivity contribution in [1.29, 1.82) is 0 Å². The highest BCUT2D eigenvalue weighted by Gasteiger charge is 2.71. The van der Waals surface area contributed by atoms with Crippen LogP contribution in [0.2, 0.25) is 5.02 Å². The molecule has 0 heterocycles. The molecule has 9 atom stereocenters. The predicted molar refractivity (Wildman–Crippen MR) is 237 cm³/mol. The highest BCUT2D eigenvalue weighted by molar-refractivity contribution is 6.30. The minimum atomic E-state index is -1.18. The second kappa shape index (κ2) is 16.8. The molecule has 0 unspecified atom stereocenters. The fourth-order valence-corrected chi connectivity index (χ4v) is 14.3. The van der Waals surface area contributed by atoms with Crippen LogP contribution in [-0.4, -0.2) is 59.0 Å². The molecule has 6 rings (SSSR count). The predicted octanol–water partition coefficient (Wildman–Crippen LogP) is 11.5. The number of benzene rings is 1. The van der Waals surface area contributed by atoms with Gasteiger partial charge in [-0.05, 0) is 153 Å². The topological polar surface area (TPSA) is 110 Å². The van der Waals surface area contributed by atoms with Crippen molar-refractivity contribution < 1.29 is 33.8 Å². The Hall–Kier alpha value is -2.71. The Morgan fingerprint density at radius 1 is 0.900 bits per heavy atom. The number of carbonyl (C=O) groups excluding carboxylic acids is 3. The van der Waals surface area contributed by atoms with Crippen LogP contribution in [0.5, 0.6) is 0 Å². The Morgan fingerprint density at radius 2 is 1.57 bits per heavy atom. The first-order valence-corrected chi connectivity index (χ1v) is 23.5. The summed E-state index contributed by atoms with van der Waals surface area (Å²) in [5.74, 6) is 0.0965. The standard InChI is InChI=1S/C51H76ClNO7/c1-31(2)21-26-53(29-34-13-15-35(52)16-14-34)30-41(59-33(5)54)51-25-24-49(11)36(44(51)43(32(3)4)37(55)27-51)17-18-39-48(10)22-20-40(60-42(56)28-46(6,7)45(57)58)47(8,9)38(48)19-23-50(39,49)12/h13-16,31-32,36,38-41H,17-30H2,1-12H3,(H,57,58)/t36-,38+,39-,40+,41+,48+,49-,50-,51+/m1/s1. The zero-order chi connectivity index (χ0) is 44.4. The molecule has 5 aliphatic rings. The minimum absolute atomic E-state index is 0.00791. The summed E-state index contributed by atoms with van der Waals surface area (Å²) in [6.45, 7) is 27.8. The molecular weight excluding hydrogens is 774 g/mol. The molecule has 0 bridgehead atoms. The molecule has 0 radical (unpaired) electrons. The number of fused-ring (bicyclic) bond motifs is 7. The molecule has 1 N–H and O–H groups in total. The Bertz CT molecular complexity index is 1850. The van der Waals surface area contributed by atoms with Crippen molar-refractivity contribution in [3.8, 4) is 0 Å². The number of carbonyl (C=O) groups is 4. The van der Waals surface area contributed by atoms with Gasteiger partial charge in [-0.25, -0.2) is 0 Å². The Labute approximate surface area is 366 Å². The van der Waals surface area contributed by atoms with Crippen LogP contribution in [-0.2, 0) is 35.2 Å². The van der Waals surface area contributed by atoms with Crippen LogP contribution in [0.3, 0.4) is 0 Å². The van der Waals surface area contributed by atoms with Gasteiger partial charge in [0, 0.05) is 42.3 Å². The molecule has 5 aliphatic carbocycles. The first-order valence-electron chi connectivity index (χ1n) is 23.2. The van der Waals surface area contributed by atoms with Gasteiger partial charge in [0.2, 0.25) is 0 Å². The first kappa shape index (κ1) is 46.8. The van der Waals surface area contributed by atoms with E-state index in [2.05, 4.69) is 79.3 Å². The Kier molecular flexibility index (Phi) is 13.1. The highest BCUT2D eigenvalue weighted by Crippen LogP contribution is 2.77. The molecule has 9 heteroatoms. The van der Waals surface area contributed by atoms with Crippen LogP contribution in [0.1, 0.15) is 159 Å². The molecular formula is C51H76ClNO7. The molecule has 0 aliphatic heterocycles. The van der Waals surface area contributed by atoms with Crippen LogP contribution in [0, 0.1) is 62.1 Å². The zero-order valence-corrected chi connectivity index (χ0v) is 39.7. The molecule has 0 aromatic heterocycles. The summed E-state index contributed by atoms with van der Waals surface area (Å²) in [7, 11) is 0. The molecule has 60 heavy (non-hydrogen) atoms. The van der Waals surface area contributed by atoms with Crippen molar-refractivity contribution in [2.75, 3.05) is 13.1 Å². The number of nitrogens with zero attached hydrogens (tertiary/aromatic N) is 1. The summed E-state index contributed by atoms with van der Waals surface area (Å²) in [5, 5.41) is 10.4. The van der Waals surface area contributed by atoms with Crippen LogP contribution >= 0.6 is 11.6 Å². The number of ketones is 1. The Morgan fingerprint density at radius 3 is 2.17 bits per heavy atom. The smallest absolute Gasteiger partial charge is 0.309 e. The molecule has 4 saturated carbocycles. The van der Waals surface area contributed by atoms with Crippen molar-refractivity contribution in [2.45, 2.75) is 172 Å². The van der Waals surface area contributed by atoms with Gasteiger partial charge in [0.25, 0.3) is 0 Å². The van der Waals surface area contributed by atoms with E-state index >= 15 is 0 Å². The maximum Gasteiger partial charge on any atom is 0.309 e. The number of ether oxygens (including phenoxy) is 2. The van der Waals surface area contributed by atoms with Crippen molar-refractivity contribution in [3.63, 3.8) is 0 Å². The van der Waals surface area contributed by atoms with Crippen LogP contribution in [0.15, 0.2) is 35.4 Å². The van der Waals surface area contributed by atoms with Gasteiger partial charge in [-0.3, -0.25) is 24.1 Å². The number of halogens is 1. The maximum absolute atomic E-state index is 14.6. The van der Waals surface area contributed by atoms with E-state index in [4.69, 9.17) is 21.1 Å². The van der Waals surface area contributed by atoms with E-state index in [-0.39, 0.29) is 57.8 Å². The molecule has 0 spiro atoms. The van der Waals surface area contributed by atoms with Crippen LogP contribution in [0.25, 0.3) is 0 Å². The molecule has 1 aromatic carbocycles. The average Bonchev–Trinajstić information content (AvgIpc) is 3.45. The number of carboxylic acids is 1. The lowest BCUT2D eigenvalue weighted by Gasteiger charge is -2.72. The van der Waals surface area contributed by atoms with Crippen molar-refractivity contribution in [1.82, 2.24) is 4.90 Å². The number of carboxylic acid groups (broad SMARTS) is 1. The van der Waals surface area contributed by atoms with E-state index in [0.717, 1.165) is 75.5 Å². The molecule has 334 valence electrons. The number of rotatable bonds is 14. The van der Waals surface area contributed by atoms with Gasteiger partial charge in [-0.1, -0.05) is 86.0 Å². The largest absolute Gasteiger partial charge is 0.481 e. The fourth-order valence-electron chi connectivity index (χ4n) is 14.2. The summed E-state index contributed by atoms with van der Waals surface area (Å²) in [6.07, 6.45) is 8.20. The molecule has 8 nitrogen and oxygen atoms in total. The number of allylic oxidation sites excluding steroid dienone is 1. The quantitative estimate of drug-likeness (QED) is 0.184. The number of esters is 2. The first-order chi connectivity index (χ1) is 27.8. The van der Waals surface area contributed by atoms with E-state index in [9.17, 15) is 24.3 Å². The highest BCUT2D eigenvalue weighted by atomic mass is 35.5. The Balaban J connectivity index is 1.33. The summed E-state index contributed by atoms with van der Waals surface area (Å²) in [4.78, 5) is 55.3. The van der Waals surface area contributed by atoms with Gasteiger partial charge in [0.05, 0.1) is 11.8 Å². The van der Waals surface area contributed by atoms with E-state index < -0.39 is 28.9 Å². The summed E-state index contributed by atoms with van der Waals surface area (Å²) in [6, 6.07) is 8.03. The molecule has 4 fully saturated rings. The second-order valence-electron chi connectivity index (χ2n) is 22.7. The minimum Gasteiger partial charge on any atom is -0.481 e. The average molecular weight is 851 g/mol. The van der Waals surface area contributed by atoms with Gasteiger partial charge in [0.15, 0.2) is 5.78 Å². The lowest BCUT2D eigenvalue weighted by Crippen LogP contribution is -2.66. The monoisotopic (exact) mass is 850 g/mol. The SMILES string of the molecule is CC(=O)O[C@@H](CN(CCC(C)C)Cc1ccc(Cl)cc1)[C@@]12CC[C@]3(C)[C@H](CC[C@@H]4[C@@]5(C)CC[C@H](OC(=O)CC(C)(C)C(=O)O)C(C)(C)[C@@H]5CC[C@]43C)C1=C(C(C)C)C(=O)C2. The van der Waals surface area contributed by atoms with Crippen LogP contribution < -0.4 is 0 Å². The fraction of sp³-hybridized carbons (Fsp3) is 0.765. The van der Waals surface area contributed by atoms with E-state index in [1.165, 1.54) is 12.5 Å². The van der Waals surface area contributed by atoms with E-state index in [1.807, 2.05) is 12.1 Å². The van der Waals surface area contributed by atoms with Gasteiger partial charge >= 0.3 is 17.9 Å². The summed E-state index contributed by atoms with van der Waals surface area (Å²) in [5.41, 5.74) is 1.43. The lowest BCUT2D eigenvalue weighted by molar-refractivity contribution is -0.235. The van der Waals surface area contributed by atoms with Crippen molar-refractivity contribution in [2.24, 2.45) is 62.1 Å². The number of aliphatic carboxylic acids is 1. The number of Topliss-reactive ketones (excluding diaryl/α,β-unsaturated/α-hetero) is 1. The maximum atomic E-state index is 14.6. The molecule has 0 saturated heterocycles. The second-order valence-corrected chi connectivity index (χ2v) is 23.1. The number of hydrogen-bond acceptors (Lipinski definition) is 7. The van der Waals surface area contributed by atoms with Crippen molar-refractivity contribution >= 4 is 35.3 Å². The van der Waals surface area contributed by atoms with E-state index in [0.29, 0.717) is 42.3 Å². The molecule has 0 amide bonds. The van der Waals surface area contributed by atoms with Gasteiger partial charge in [-0.2, -0.15) is 0 Å². The third-order valence-electron chi connectivity index (χ3n) is 17.6. The third-order valence-corrected chi connectivity index (χ3v) is 17.8. The van der Waals surface area contributed by atoms with Gasteiger partial charge < -0.3 is 14.6 Å². The molecule has 1 aromatic rings. The lowest BCUT2D eigenvalue weighted by atomic mass is 9.33. The van der Waals surface area contributed by atoms with Crippen LogP contribution in [0.4, 0.5) is 0 Å². The third kappa shape index (κ3) is 8.16. The number of hydrogen-bond donors (Lipinski definition) is 1. The van der Waals surface area contributed by atoms with Gasteiger partial charge in [-0.15, -0.1) is 0 Å². The van der Waals surface area contributed by atoms with E-state index in [1.54, 1.807) is 13.8 Å². The van der Waals surface area contributed by atoms with Gasteiger partial charge in [0.1, 0.15) is 12.2 Å². The van der Waals surface area contributed by atoms with Crippen molar-refractivity contribution in [3.05, 3.63) is 46.0 Å². The normalized spacial score (nSPS) is 34.2. The summed E-state index contributed by atoms with van der Waals surface area (Å²) >= 11 is 6.29. The summed E-state index contributed by atoms with van der Waals surface area (Å²) < 4.78 is 12.8. The zero-order valence-electron chi connectivity index (χ0n) is 39.0.